The second-order valence-corrected chi connectivity index (χ2v) is 2.77. The summed E-state index contributed by atoms with van der Waals surface area (Å²) < 4.78 is 25.3. The molecule has 1 heterocycles. The maximum absolute atomic E-state index is 12.7. The van der Waals surface area contributed by atoms with E-state index in [1.54, 1.807) is 0 Å². The van der Waals surface area contributed by atoms with Crippen molar-refractivity contribution in [3.63, 3.8) is 0 Å². The van der Waals surface area contributed by atoms with Crippen molar-refractivity contribution in [3.8, 4) is 0 Å². The Hall–Kier alpha value is -1.77. The van der Waals surface area contributed by atoms with Crippen molar-refractivity contribution in [1.29, 1.82) is 0 Å². The monoisotopic (exact) mass is 221 g/mol. The molecule has 0 unspecified atom stereocenters. The first kappa shape index (κ1) is 11.3. The minimum absolute atomic E-state index is 0.386. The number of anilines is 1. The van der Waals surface area contributed by atoms with Crippen LogP contribution in [0.1, 0.15) is 0 Å². The van der Waals surface area contributed by atoms with Gasteiger partial charge < -0.3 is 11.1 Å². The zero-order valence-corrected chi connectivity index (χ0v) is 7.51. The first-order chi connectivity index (χ1) is 6.94. The van der Waals surface area contributed by atoms with E-state index in [2.05, 4.69) is 10.4 Å². The van der Waals surface area contributed by atoms with Crippen LogP contribution in [0.15, 0.2) is 9.59 Å². The van der Waals surface area contributed by atoms with Crippen LogP contribution in [-0.4, -0.2) is 34.2 Å². The Balaban J connectivity index is 2.75. The molecule has 0 aromatic carbocycles. The lowest BCUT2D eigenvalue weighted by Crippen LogP contribution is -2.37. The summed E-state index contributed by atoms with van der Waals surface area (Å²) in [7, 11) is 0. The number of halogens is 2. The maximum atomic E-state index is 12.7. The molecule has 0 spiro atoms. The predicted molar refractivity (Wildman–Crippen MR) is 48.0 cm³/mol. The lowest BCUT2D eigenvalue weighted by Gasteiger charge is -2.13. The molecular weight excluding hydrogens is 212 g/mol. The average Bonchev–Trinajstić information content (AvgIpc) is 2.16. The molecule has 0 saturated carbocycles. The summed E-state index contributed by atoms with van der Waals surface area (Å²) in [5.74, 6) is -3.52. The molecular formula is C6H9F2N5O2. The number of H-pyrrole nitrogens is 2. The average molecular weight is 221 g/mol. The van der Waals surface area contributed by atoms with Crippen LogP contribution in [0, 0.1) is 0 Å². The van der Waals surface area contributed by atoms with Gasteiger partial charge in [0.1, 0.15) is 0 Å². The highest BCUT2D eigenvalue weighted by Crippen LogP contribution is 2.10. The van der Waals surface area contributed by atoms with Crippen molar-refractivity contribution < 1.29 is 8.78 Å². The predicted octanol–water partition coefficient (Wildman–Crippen LogP) is -1.54. The molecule has 0 bridgehead atoms. The Morgan fingerprint density at radius 3 is 2.67 bits per heavy atom. The van der Waals surface area contributed by atoms with Crippen molar-refractivity contribution in [3.05, 3.63) is 20.8 Å². The zero-order chi connectivity index (χ0) is 11.5. The zero-order valence-electron chi connectivity index (χ0n) is 7.51. The van der Waals surface area contributed by atoms with E-state index in [0.29, 0.717) is 0 Å². The molecule has 0 aliphatic carbocycles. The normalized spacial score (nSPS) is 11.4. The van der Waals surface area contributed by atoms with Gasteiger partial charge in [0.05, 0.1) is 13.1 Å². The Labute approximate surface area is 81.7 Å². The minimum Gasteiger partial charge on any atom is -0.358 e. The largest absolute Gasteiger partial charge is 0.358 e. The highest BCUT2D eigenvalue weighted by atomic mass is 19.3. The van der Waals surface area contributed by atoms with Gasteiger partial charge in [-0.1, -0.05) is 0 Å². The third-order valence-corrected chi connectivity index (χ3v) is 1.52. The maximum Gasteiger partial charge on any atom is 0.342 e. The second kappa shape index (κ2) is 4.17. The number of hydrogen-bond acceptors (Lipinski definition) is 5. The molecule has 0 saturated heterocycles. The van der Waals surface area contributed by atoms with Crippen LogP contribution >= 0.6 is 0 Å². The van der Waals surface area contributed by atoms with Gasteiger partial charge in [-0.2, -0.15) is 0 Å². The summed E-state index contributed by atoms with van der Waals surface area (Å²) in [6.45, 7) is -1.67. The summed E-state index contributed by atoms with van der Waals surface area (Å²) in [6.07, 6.45) is 0. The fraction of sp³-hybridized carbons (Fsp3) is 0.500. The Morgan fingerprint density at radius 1 is 1.47 bits per heavy atom. The van der Waals surface area contributed by atoms with Crippen molar-refractivity contribution in [2.45, 2.75) is 5.92 Å². The number of nitrogens with one attached hydrogen (secondary N) is 3. The molecule has 1 rings (SSSR count). The van der Waals surface area contributed by atoms with Gasteiger partial charge in [-0.15, -0.1) is 5.10 Å². The summed E-state index contributed by atoms with van der Waals surface area (Å²) in [5, 5.41) is 7.22. The fourth-order valence-electron chi connectivity index (χ4n) is 0.753. The summed E-state index contributed by atoms with van der Waals surface area (Å²) in [4.78, 5) is 23.3. The molecule has 0 aliphatic rings. The Bertz CT molecular complexity index is 440. The van der Waals surface area contributed by atoms with Crippen LogP contribution in [0.3, 0.4) is 0 Å². The Kier molecular flexibility index (Phi) is 3.14. The molecule has 15 heavy (non-hydrogen) atoms. The van der Waals surface area contributed by atoms with E-state index in [1.807, 2.05) is 10.1 Å². The van der Waals surface area contributed by atoms with Gasteiger partial charge in [-0.3, -0.25) is 9.78 Å². The molecule has 7 nitrogen and oxygen atoms in total. The van der Waals surface area contributed by atoms with Gasteiger partial charge in [0, 0.05) is 0 Å². The summed E-state index contributed by atoms with van der Waals surface area (Å²) in [5.41, 5.74) is 3.10. The van der Waals surface area contributed by atoms with Gasteiger partial charge in [0.15, 0.2) is 0 Å². The lowest BCUT2D eigenvalue weighted by atomic mass is 10.3. The molecule has 1 aromatic rings. The lowest BCUT2D eigenvalue weighted by molar-refractivity contribution is 0.0252. The van der Waals surface area contributed by atoms with E-state index >= 15 is 0 Å². The first-order valence-corrected chi connectivity index (χ1v) is 3.95. The summed E-state index contributed by atoms with van der Waals surface area (Å²) >= 11 is 0. The highest BCUT2D eigenvalue weighted by molar-refractivity contribution is 5.29. The van der Waals surface area contributed by atoms with Crippen molar-refractivity contribution in [2.75, 3.05) is 18.4 Å². The van der Waals surface area contributed by atoms with Crippen LogP contribution in [0.2, 0.25) is 0 Å². The van der Waals surface area contributed by atoms with Crippen LogP contribution in [0.5, 0.6) is 0 Å². The van der Waals surface area contributed by atoms with E-state index < -0.39 is 30.3 Å². The van der Waals surface area contributed by atoms with Gasteiger partial charge in [0.25, 0.3) is 11.5 Å². The van der Waals surface area contributed by atoms with Crippen LogP contribution in [-0.2, 0) is 0 Å². The van der Waals surface area contributed by atoms with Crippen LogP contribution < -0.4 is 22.3 Å². The van der Waals surface area contributed by atoms with Crippen LogP contribution in [0.25, 0.3) is 0 Å². The van der Waals surface area contributed by atoms with E-state index in [1.165, 1.54) is 0 Å². The van der Waals surface area contributed by atoms with E-state index in [9.17, 15) is 18.4 Å². The third-order valence-electron chi connectivity index (χ3n) is 1.52. The number of aromatic amines is 2. The molecule has 0 aliphatic heterocycles. The van der Waals surface area contributed by atoms with E-state index in [-0.39, 0.29) is 5.82 Å². The molecule has 1 aromatic heterocycles. The fourth-order valence-corrected chi connectivity index (χ4v) is 0.753. The van der Waals surface area contributed by atoms with Crippen molar-refractivity contribution in [1.82, 2.24) is 15.2 Å². The summed E-state index contributed by atoms with van der Waals surface area (Å²) in [6, 6.07) is 0. The molecule has 84 valence electrons. The SMILES string of the molecule is NCC(F)(F)CNc1n[nH]c(=O)[nH]c1=O. The van der Waals surface area contributed by atoms with Crippen molar-refractivity contribution in [2.24, 2.45) is 5.73 Å². The minimum atomic E-state index is -3.13. The standard InChI is InChI=1S/C6H9F2N5O2/c7-6(8,1-9)2-10-3-4(14)11-5(15)13-12-3/h1-2,9H2,(H,10,12)(H2,11,13,14,15). The van der Waals surface area contributed by atoms with Gasteiger partial charge in [-0.25, -0.2) is 18.7 Å². The van der Waals surface area contributed by atoms with E-state index in [0.717, 1.165) is 0 Å². The molecule has 0 amide bonds. The Morgan fingerprint density at radius 2 is 2.13 bits per heavy atom. The van der Waals surface area contributed by atoms with Gasteiger partial charge >= 0.3 is 5.69 Å². The van der Waals surface area contributed by atoms with Gasteiger partial charge in [-0.05, 0) is 0 Å². The molecule has 0 radical (unpaired) electrons. The number of nitrogens with two attached hydrogens (primary N) is 1. The van der Waals surface area contributed by atoms with Crippen LogP contribution in [0.4, 0.5) is 14.6 Å². The molecule has 0 atom stereocenters. The van der Waals surface area contributed by atoms with Gasteiger partial charge in [0.2, 0.25) is 5.82 Å². The molecule has 5 N–H and O–H groups in total. The molecule has 9 heteroatoms. The molecule has 0 fully saturated rings. The number of hydrogen-bond donors (Lipinski definition) is 4. The first-order valence-electron chi connectivity index (χ1n) is 3.95. The quantitative estimate of drug-likeness (QED) is 0.491. The second-order valence-electron chi connectivity index (χ2n) is 2.77. The number of rotatable bonds is 4. The van der Waals surface area contributed by atoms with E-state index in [4.69, 9.17) is 5.73 Å². The topological polar surface area (TPSA) is 117 Å². The third kappa shape index (κ3) is 3.13. The number of alkyl halides is 2. The number of aromatic nitrogens is 3. The number of nitrogens with zero attached hydrogens (tertiary/aromatic N) is 1. The van der Waals surface area contributed by atoms with Crippen molar-refractivity contribution >= 4 is 5.82 Å². The highest BCUT2D eigenvalue weighted by Gasteiger charge is 2.26. The smallest absolute Gasteiger partial charge is 0.342 e.